The fraction of sp³-hybridized carbons (Fsp3) is 0.250. The van der Waals surface area contributed by atoms with E-state index >= 15 is 0 Å². The number of hydrogen-bond donors (Lipinski definition) is 0. The smallest absolute Gasteiger partial charge is 0.129 e. The molecule has 2 aromatic carbocycles. The molecule has 3 aromatic rings. The second-order valence-electron chi connectivity index (χ2n) is 4.34. The molecule has 0 spiro atoms. The van der Waals surface area contributed by atoms with Crippen molar-refractivity contribution < 1.29 is 4.74 Å². The lowest BCUT2D eigenvalue weighted by atomic mass is 10.1. The van der Waals surface area contributed by atoms with Crippen molar-refractivity contribution in [3.63, 3.8) is 0 Å². The highest BCUT2D eigenvalue weighted by Gasteiger charge is 2.12. The molecule has 0 radical (unpaired) electrons. The van der Waals surface area contributed by atoms with E-state index in [1.807, 2.05) is 6.92 Å². The number of aromatic nitrogens is 1. The van der Waals surface area contributed by atoms with E-state index in [1.165, 1.54) is 21.8 Å². The van der Waals surface area contributed by atoms with Gasteiger partial charge in [-0.05, 0) is 32.0 Å². The quantitative estimate of drug-likeness (QED) is 0.667. The van der Waals surface area contributed by atoms with Crippen molar-refractivity contribution >= 4 is 21.8 Å². The molecule has 0 aliphatic heterocycles. The summed E-state index contributed by atoms with van der Waals surface area (Å²) in [4.78, 5) is 0. The Morgan fingerprint density at radius 1 is 0.944 bits per heavy atom. The predicted octanol–water partition coefficient (Wildman–Crippen LogP) is 4.21. The third kappa shape index (κ3) is 1.49. The van der Waals surface area contributed by atoms with Gasteiger partial charge in [-0.1, -0.05) is 24.3 Å². The molecule has 0 fully saturated rings. The van der Waals surface area contributed by atoms with Gasteiger partial charge in [-0.2, -0.15) is 0 Å². The molecule has 0 bridgehead atoms. The van der Waals surface area contributed by atoms with E-state index in [1.54, 1.807) is 0 Å². The summed E-state index contributed by atoms with van der Waals surface area (Å²) in [5.41, 5.74) is 2.53. The predicted molar refractivity (Wildman–Crippen MR) is 76.3 cm³/mol. The van der Waals surface area contributed by atoms with E-state index in [0.717, 1.165) is 12.3 Å². The number of rotatable bonds is 3. The monoisotopic (exact) mass is 239 g/mol. The molecule has 0 unspecified atom stereocenters. The van der Waals surface area contributed by atoms with E-state index in [-0.39, 0.29) is 0 Å². The van der Waals surface area contributed by atoms with Crippen LogP contribution in [0.4, 0.5) is 0 Å². The summed E-state index contributed by atoms with van der Waals surface area (Å²) in [6, 6.07) is 14.8. The van der Waals surface area contributed by atoms with E-state index < -0.39 is 0 Å². The Balaban J connectivity index is 2.48. The first-order valence-electron chi connectivity index (χ1n) is 6.49. The van der Waals surface area contributed by atoms with Gasteiger partial charge < -0.3 is 9.30 Å². The van der Waals surface area contributed by atoms with Gasteiger partial charge in [0.05, 0.1) is 12.1 Å². The minimum atomic E-state index is 0.699. The Morgan fingerprint density at radius 2 is 1.72 bits per heavy atom. The van der Waals surface area contributed by atoms with Crippen LogP contribution in [0.1, 0.15) is 13.8 Å². The van der Waals surface area contributed by atoms with Crippen molar-refractivity contribution in [2.24, 2.45) is 0 Å². The van der Waals surface area contributed by atoms with Crippen LogP contribution in [-0.4, -0.2) is 11.2 Å². The zero-order chi connectivity index (χ0) is 12.5. The molecular weight excluding hydrogens is 222 g/mol. The van der Waals surface area contributed by atoms with Crippen molar-refractivity contribution in [3.8, 4) is 5.75 Å². The average molecular weight is 239 g/mol. The van der Waals surface area contributed by atoms with Crippen molar-refractivity contribution in [1.29, 1.82) is 0 Å². The standard InChI is InChI=1S/C16H17NO/c1-3-17-13-9-6-5-8-12(13)16-14(17)10-7-11-15(16)18-4-2/h5-11H,3-4H2,1-2H3. The molecular formula is C16H17NO. The van der Waals surface area contributed by atoms with Crippen molar-refractivity contribution in [2.75, 3.05) is 6.61 Å². The Hall–Kier alpha value is -1.96. The first-order valence-corrected chi connectivity index (χ1v) is 6.49. The van der Waals surface area contributed by atoms with Gasteiger partial charge in [0.2, 0.25) is 0 Å². The highest BCUT2D eigenvalue weighted by Crippen LogP contribution is 2.35. The molecule has 2 heteroatoms. The van der Waals surface area contributed by atoms with Crippen LogP contribution in [-0.2, 0) is 6.54 Å². The third-order valence-corrected chi connectivity index (χ3v) is 3.38. The van der Waals surface area contributed by atoms with Gasteiger partial charge in [0.25, 0.3) is 0 Å². The first kappa shape index (κ1) is 11.1. The maximum Gasteiger partial charge on any atom is 0.129 e. The zero-order valence-electron chi connectivity index (χ0n) is 10.8. The molecule has 0 aliphatic carbocycles. The van der Waals surface area contributed by atoms with Crippen LogP contribution in [0.3, 0.4) is 0 Å². The third-order valence-electron chi connectivity index (χ3n) is 3.38. The Morgan fingerprint density at radius 3 is 2.50 bits per heavy atom. The normalized spacial score (nSPS) is 11.2. The lowest BCUT2D eigenvalue weighted by Gasteiger charge is -2.06. The van der Waals surface area contributed by atoms with Gasteiger partial charge in [-0.3, -0.25) is 0 Å². The molecule has 0 atom stereocenters. The Labute approximate surface area is 107 Å². The summed E-state index contributed by atoms with van der Waals surface area (Å²) >= 11 is 0. The first-order chi connectivity index (χ1) is 8.86. The van der Waals surface area contributed by atoms with Crippen LogP contribution in [0.2, 0.25) is 0 Å². The lowest BCUT2D eigenvalue weighted by Crippen LogP contribution is -1.94. The number of fused-ring (bicyclic) bond motifs is 3. The second-order valence-corrected chi connectivity index (χ2v) is 4.34. The maximum absolute atomic E-state index is 5.77. The summed E-state index contributed by atoms with van der Waals surface area (Å²) < 4.78 is 8.11. The Bertz CT molecular complexity index is 697. The largest absolute Gasteiger partial charge is 0.493 e. The lowest BCUT2D eigenvalue weighted by molar-refractivity contribution is 0.344. The van der Waals surface area contributed by atoms with Crippen LogP contribution >= 0.6 is 0 Å². The van der Waals surface area contributed by atoms with Gasteiger partial charge in [0.15, 0.2) is 0 Å². The topological polar surface area (TPSA) is 14.2 Å². The van der Waals surface area contributed by atoms with E-state index in [9.17, 15) is 0 Å². The van der Waals surface area contributed by atoms with Crippen LogP contribution in [0.5, 0.6) is 5.75 Å². The number of benzene rings is 2. The molecule has 2 nitrogen and oxygen atoms in total. The fourth-order valence-electron chi connectivity index (χ4n) is 2.68. The maximum atomic E-state index is 5.77. The number of para-hydroxylation sites is 1. The summed E-state index contributed by atoms with van der Waals surface area (Å²) in [7, 11) is 0. The molecule has 0 aliphatic rings. The molecule has 1 aromatic heterocycles. The Kier molecular flexibility index (Phi) is 2.71. The van der Waals surface area contributed by atoms with E-state index in [2.05, 4.69) is 54.0 Å². The summed E-state index contributed by atoms with van der Waals surface area (Å²) in [5.74, 6) is 0.985. The SMILES string of the molecule is CCOc1cccc2c1c1ccccc1n2CC. The molecule has 0 N–H and O–H groups in total. The van der Waals surface area contributed by atoms with Gasteiger partial charge in [-0.15, -0.1) is 0 Å². The molecule has 18 heavy (non-hydrogen) atoms. The summed E-state index contributed by atoms with van der Waals surface area (Å²) in [6.45, 7) is 5.88. The van der Waals surface area contributed by atoms with Crippen molar-refractivity contribution in [3.05, 3.63) is 42.5 Å². The zero-order valence-corrected chi connectivity index (χ0v) is 10.8. The van der Waals surface area contributed by atoms with E-state index in [0.29, 0.717) is 6.61 Å². The summed E-state index contributed by atoms with van der Waals surface area (Å²) in [5, 5.41) is 2.51. The summed E-state index contributed by atoms with van der Waals surface area (Å²) in [6.07, 6.45) is 0. The van der Waals surface area contributed by atoms with E-state index in [4.69, 9.17) is 4.74 Å². The minimum Gasteiger partial charge on any atom is -0.493 e. The molecule has 0 saturated carbocycles. The fourth-order valence-corrected chi connectivity index (χ4v) is 2.68. The number of nitrogens with zero attached hydrogens (tertiary/aromatic N) is 1. The molecule has 3 rings (SSSR count). The highest BCUT2D eigenvalue weighted by atomic mass is 16.5. The van der Waals surface area contributed by atoms with Crippen LogP contribution in [0, 0.1) is 0 Å². The molecule has 92 valence electrons. The van der Waals surface area contributed by atoms with Gasteiger partial charge in [-0.25, -0.2) is 0 Å². The molecule has 1 heterocycles. The van der Waals surface area contributed by atoms with Crippen LogP contribution < -0.4 is 4.74 Å². The number of ether oxygens (including phenoxy) is 1. The molecule has 0 saturated heterocycles. The van der Waals surface area contributed by atoms with Crippen molar-refractivity contribution in [1.82, 2.24) is 4.57 Å². The van der Waals surface area contributed by atoms with Gasteiger partial charge in [0, 0.05) is 22.8 Å². The second kappa shape index (κ2) is 4.37. The number of hydrogen-bond acceptors (Lipinski definition) is 1. The van der Waals surface area contributed by atoms with Gasteiger partial charge >= 0.3 is 0 Å². The minimum absolute atomic E-state index is 0.699. The van der Waals surface area contributed by atoms with Crippen molar-refractivity contribution in [2.45, 2.75) is 20.4 Å². The van der Waals surface area contributed by atoms with Crippen LogP contribution in [0.15, 0.2) is 42.5 Å². The molecule has 0 amide bonds. The van der Waals surface area contributed by atoms with Crippen LogP contribution in [0.25, 0.3) is 21.8 Å². The van der Waals surface area contributed by atoms with Gasteiger partial charge in [0.1, 0.15) is 5.75 Å². The highest BCUT2D eigenvalue weighted by molar-refractivity contribution is 6.11. The average Bonchev–Trinajstić information content (AvgIpc) is 2.74. The number of aryl methyl sites for hydroxylation is 1.